The van der Waals surface area contributed by atoms with Crippen LogP contribution in [0.25, 0.3) is 0 Å². The number of aromatic nitrogens is 1. The maximum absolute atomic E-state index is 12.1. The molecule has 5 heteroatoms. The van der Waals surface area contributed by atoms with E-state index in [4.69, 9.17) is 0 Å². The lowest BCUT2D eigenvalue weighted by Crippen LogP contribution is -2.43. The van der Waals surface area contributed by atoms with Crippen LogP contribution < -0.4 is 9.88 Å². The molecule has 27 heavy (non-hydrogen) atoms. The Kier molecular flexibility index (Phi) is 12.2. The van der Waals surface area contributed by atoms with Crippen LogP contribution in [0.1, 0.15) is 81.5 Å². The van der Waals surface area contributed by atoms with Gasteiger partial charge in [-0.2, -0.15) is 4.57 Å². The van der Waals surface area contributed by atoms with Gasteiger partial charge in [-0.25, -0.2) is 0 Å². The van der Waals surface area contributed by atoms with Gasteiger partial charge in [-0.3, -0.25) is 9.59 Å². The molecule has 1 N–H and O–H groups in total. The molecule has 0 unspecified atom stereocenters. The van der Waals surface area contributed by atoms with Crippen molar-refractivity contribution >= 4 is 11.8 Å². The summed E-state index contributed by atoms with van der Waals surface area (Å²) in [6, 6.07) is 3.56. The molecule has 0 saturated carbocycles. The van der Waals surface area contributed by atoms with Crippen molar-refractivity contribution in [2.45, 2.75) is 77.7 Å². The number of nitrogens with zero attached hydrogens (tertiary/aromatic N) is 2. The first kappa shape index (κ1) is 23.1. The summed E-state index contributed by atoms with van der Waals surface area (Å²) in [5.74, 6) is -0.0690. The molecular weight excluding hydrogens is 338 g/mol. The Balaban J connectivity index is 2.11. The van der Waals surface area contributed by atoms with Crippen LogP contribution in [-0.4, -0.2) is 37.4 Å². The van der Waals surface area contributed by atoms with E-state index in [1.54, 1.807) is 37.0 Å². The number of hydrogen-bond acceptors (Lipinski definition) is 2. The van der Waals surface area contributed by atoms with Crippen molar-refractivity contribution < 1.29 is 14.2 Å². The van der Waals surface area contributed by atoms with Gasteiger partial charge in [-0.15, -0.1) is 0 Å². The molecule has 5 nitrogen and oxygen atoms in total. The number of hydrogen-bond donors (Lipinski definition) is 1. The number of carbonyl (C=O) groups excluding carboxylic acids is 2. The standard InChI is InChI=1S/C22H37N3O2/c1-4-5-6-7-8-9-10-11-12-13-16-23-21(26)19-25-17-14-15-20(18-25)22(27)24(2)3/h14-15,17-18H,4-13,16,19H2,1-3H3/p+1. The molecule has 0 aliphatic rings. The van der Waals surface area contributed by atoms with Gasteiger partial charge in [0, 0.05) is 26.7 Å². The second kappa shape index (κ2) is 14.2. The molecule has 0 radical (unpaired) electrons. The van der Waals surface area contributed by atoms with E-state index in [0.717, 1.165) is 13.0 Å². The lowest BCUT2D eigenvalue weighted by molar-refractivity contribution is -0.684. The molecule has 0 aliphatic carbocycles. The van der Waals surface area contributed by atoms with E-state index in [1.165, 1.54) is 62.7 Å². The maximum atomic E-state index is 12.1. The van der Waals surface area contributed by atoms with Gasteiger partial charge in [0.2, 0.25) is 6.54 Å². The summed E-state index contributed by atoms with van der Waals surface area (Å²) in [5, 5.41) is 2.97. The van der Waals surface area contributed by atoms with E-state index < -0.39 is 0 Å². The van der Waals surface area contributed by atoms with Gasteiger partial charge in [0.05, 0.1) is 0 Å². The average molecular weight is 377 g/mol. The Morgan fingerprint density at radius 1 is 0.963 bits per heavy atom. The highest BCUT2D eigenvalue weighted by atomic mass is 16.2. The fraction of sp³-hybridized carbons (Fsp3) is 0.682. The molecule has 0 fully saturated rings. The minimum atomic E-state index is -0.0601. The maximum Gasteiger partial charge on any atom is 0.285 e. The predicted molar refractivity (Wildman–Crippen MR) is 110 cm³/mol. The normalized spacial score (nSPS) is 10.6. The lowest BCUT2D eigenvalue weighted by Gasteiger charge is -2.09. The monoisotopic (exact) mass is 376 g/mol. The molecule has 152 valence electrons. The zero-order chi connectivity index (χ0) is 19.9. The molecular formula is C22H38N3O2+. The number of carbonyl (C=O) groups is 2. The van der Waals surface area contributed by atoms with Crippen molar-refractivity contribution in [2.75, 3.05) is 20.6 Å². The van der Waals surface area contributed by atoms with Crippen molar-refractivity contribution in [3.05, 3.63) is 30.1 Å². The topological polar surface area (TPSA) is 53.3 Å². The van der Waals surface area contributed by atoms with Crippen LogP contribution in [0.3, 0.4) is 0 Å². The molecule has 0 atom stereocenters. The fourth-order valence-corrected chi connectivity index (χ4v) is 3.07. The molecule has 0 aromatic carbocycles. The number of nitrogens with one attached hydrogen (secondary N) is 1. The molecule has 1 heterocycles. The van der Waals surface area contributed by atoms with Crippen molar-refractivity contribution in [3.63, 3.8) is 0 Å². The number of rotatable bonds is 14. The summed E-state index contributed by atoms with van der Waals surface area (Å²) < 4.78 is 1.75. The van der Waals surface area contributed by atoms with Crippen LogP contribution in [0, 0.1) is 0 Å². The highest BCUT2D eigenvalue weighted by molar-refractivity contribution is 5.93. The first-order valence-corrected chi connectivity index (χ1v) is 10.5. The van der Waals surface area contributed by atoms with E-state index in [-0.39, 0.29) is 18.4 Å². The summed E-state index contributed by atoms with van der Waals surface area (Å²) in [6.45, 7) is 3.22. The fourth-order valence-electron chi connectivity index (χ4n) is 3.07. The van der Waals surface area contributed by atoms with Crippen LogP contribution in [0.2, 0.25) is 0 Å². The van der Waals surface area contributed by atoms with E-state index in [0.29, 0.717) is 5.56 Å². The zero-order valence-corrected chi connectivity index (χ0v) is 17.5. The first-order chi connectivity index (χ1) is 13.0. The van der Waals surface area contributed by atoms with Crippen LogP contribution >= 0.6 is 0 Å². The molecule has 2 amide bonds. The minimum absolute atomic E-state index is 0.00891. The zero-order valence-electron chi connectivity index (χ0n) is 17.5. The Morgan fingerprint density at radius 2 is 1.56 bits per heavy atom. The molecule has 0 saturated heterocycles. The Hall–Kier alpha value is -1.91. The SMILES string of the molecule is CCCCCCCCCCCCNC(=O)C[n+]1cccc(C(=O)N(C)C)c1. The molecule has 1 rings (SSSR count). The summed E-state index contributed by atoms with van der Waals surface area (Å²) in [4.78, 5) is 25.6. The van der Waals surface area contributed by atoms with E-state index >= 15 is 0 Å². The Labute approximate surface area is 165 Å². The predicted octanol–water partition coefficient (Wildman–Crippen LogP) is 3.71. The quantitative estimate of drug-likeness (QED) is 0.397. The van der Waals surface area contributed by atoms with Gasteiger partial charge in [-0.1, -0.05) is 64.7 Å². The third-order valence-electron chi connectivity index (χ3n) is 4.69. The van der Waals surface area contributed by atoms with Crippen LogP contribution in [-0.2, 0) is 11.3 Å². The van der Waals surface area contributed by atoms with E-state index in [1.807, 2.05) is 6.20 Å². The highest BCUT2D eigenvalue weighted by Crippen LogP contribution is 2.10. The summed E-state index contributed by atoms with van der Waals surface area (Å²) in [7, 11) is 3.44. The van der Waals surface area contributed by atoms with Gasteiger partial charge < -0.3 is 10.2 Å². The van der Waals surface area contributed by atoms with Crippen molar-refractivity contribution in [1.82, 2.24) is 10.2 Å². The van der Waals surface area contributed by atoms with Crippen LogP contribution in [0.4, 0.5) is 0 Å². The van der Waals surface area contributed by atoms with Gasteiger partial charge in [0.25, 0.3) is 11.8 Å². The van der Waals surface area contributed by atoms with Crippen molar-refractivity contribution in [1.29, 1.82) is 0 Å². The summed E-state index contributed by atoms with van der Waals surface area (Å²) in [6.07, 6.45) is 16.5. The molecule has 0 aliphatic heterocycles. The Morgan fingerprint density at radius 3 is 2.15 bits per heavy atom. The Bertz CT molecular complexity index is 558. The van der Waals surface area contributed by atoms with E-state index in [9.17, 15) is 9.59 Å². The largest absolute Gasteiger partial charge is 0.351 e. The number of amides is 2. The molecule has 0 bridgehead atoms. The van der Waals surface area contributed by atoms with E-state index in [2.05, 4.69) is 12.2 Å². The lowest BCUT2D eigenvalue weighted by atomic mass is 10.1. The van der Waals surface area contributed by atoms with Crippen molar-refractivity contribution in [3.8, 4) is 0 Å². The summed E-state index contributed by atoms with van der Waals surface area (Å²) in [5.41, 5.74) is 0.588. The molecule has 1 aromatic heterocycles. The van der Waals surface area contributed by atoms with Crippen molar-refractivity contribution in [2.24, 2.45) is 0 Å². The van der Waals surface area contributed by atoms with Crippen LogP contribution in [0.15, 0.2) is 24.5 Å². The third-order valence-corrected chi connectivity index (χ3v) is 4.69. The molecule has 0 spiro atoms. The number of unbranched alkanes of at least 4 members (excludes halogenated alkanes) is 9. The molecule has 1 aromatic rings. The smallest absolute Gasteiger partial charge is 0.285 e. The van der Waals surface area contributed by atoms with Gasteiger partial charge in [-0.05, 0) is 12.5 Å². The van der Waals surface area contributed by atoms with Gasteiger partial charge in [0.15, 0.2) is 12.4 Å². The average Bonchev–Trinajstić information content (AvgIpc) is 2.65. The van der Waals surface area contributed by atoms with Gasteiger partial charge in [0.1, 0.15) is 5.56 Å². The summed E-state index contributed by atoms with van der Waals surface area (Å²) >= 11 is 0. The first-order valence-electron chi connectivity index (χ1n) is 10.5. The second-order valence-corrected chi connectivity index (χ2v) is 7.50. The third kappa shape index (κ3) is 10.7. The van der Waals surface area contributed by atoms with Crippen LogP contribution in [0.5, 0.6) is 0 Å². The number of pyridine rings is 1. The van der Waals surface area contributed by atoms with Gasteiger partial charge >= 0.3 is 0 Å². The highest BCUT2D eigenvalue weighted by Gasteiger charge is 2.14. The minimum Gasteiger partial charge on any atom is -0.351 e. The second-order valence-electron chi connectivity index (χ2n) is 7.50.